The lowest BCUT2D eigenvalue weighted by Crippen LogP contribution is -2.30. The first-order chi connectivity index (χ1) is 9.24. The summed E-state index contributed by atoms with van der Waals surface area (Å²) in [5.41, 5.74) is 0. The molecule has 1 aromatic heterocycles. The molecule has 0 fully saturated rings. The largest absolute Gasteiger partial charge is 0.396 e. The van der Waals surface area contributed by atoms with Crippen LogP contribution in [0.2, 0.25) is 0 Å². The van der Waals surface area contributed by atoms with Gasteiger partial charge in [-0.25, -0.2) is 0 Å². The number of nitrogens with one attached hydrogen (secondary N) is 2. The van der Waals surface area contributed by atoms with E-state index in [9.17, 15) is 9.59 Å². The monoisotopic (exact) mass is 284 g/mol. The van der Waals surface area contributed by atoms with Crippen molar-refractivity contribution in [1.29, 1.82) is 0 Å². The lowest BCUT2D eigenvalue weighted by molar-refractivity contribution is -0.120. The zero-order valence-electron chi connectivity index (χ0n) is 10.9. The van der Waals surface area contributed by atoms with E-state index in [2.05, 4.69) is 10.6 Å². The molecule has 0 radical (unpaired) electrons. The van der Waals surface area contributed by atoms with Crippen LogP contribution in [-0.4, -0.2) is 36.6 Å². The first-order valence-corrected chi connectivity index (χ1v) is 7.31. The molecule has 0 aromatic carbocycles. The number of hydrogen-bond acceptors (Lipinski definition) is 4. The molecule has 1 rings (SSSR count). The van der Waals surface area contributed by atoms with Crippen molar-refractivity contribution >= 4 is 23.2 Å². The van der Waals surface area contributed by atoms with E-state index in [0.717, 1.165) is 19.3 Å². The number of unbranched alkanes of at least 4 members (excludes halogenated alkanes) is 2. The summed E-state index contributed by atoms with van der Waals surface area (Å²) in [7, 11) is 0. The van der Waals surface area contributed by atoms with Gasteiger partial charge < -0.3 is 15.7 Å². The van der Waals surface area contributed by atoms with Gasteiger partial charge >= 0.3 is 0 Å². The van der Waals surface area contributed by atoms with E-state index in [1.54, 1.807) is 6.07 Å². The number of carbonyl (C=O) groups excluding carboxylic acids is 2. The van der Waals surface area contributed by atoms with Gasteiger partial charge in [-0.15, -0.1) is 11.3 Å². The Labute approximate surface area is 117 Å². The minimum absolute atomic E-state index is 0.0597. The molecule has 0 spiro atoms. The van der Waals surface area contributed by atoms with E-state index in [1.807, 2.05) is 11.4 Å². The van der Waals surface area contributed by atoms with E-state index < -0.39 is 0 Å². The van der Waals surface area contributed by atoms with Crippen LogP contribution in [0.3, 0.4) is 0 Å². The first kappa shape index (κ1) is 15.7. The number of rotatable bonds is 9. The molecule has 1 heterocycles. The maximum atomic E-state index is 11.6. The fourth-order valence-electron chi connectivity index (χ4n) is 1.51. The Hall–Kier alpha value is -1.40. The number of hydrogen-bond donors (Lipinski definition) is 3. The van der Waals surface area contributed by atoms with Gasteiger partial charge in [-0.3, -0.25) is 9.59 Å². The molecule has 0 unspecified atom stereocenters. The van der Waals surface area contributed by atoms with E-state index >= 15 is 0 Å². The molecule has 19 heavy (non-hydrogen) atoms. The minimum atomic E-state index is -0.134. The van der Waals surface area contributed by atoms with Crippen LogP contribution in [0.1, 0.15) is 35.4 Å². The Bertz CT molecular complexity index is 379. The zero-order valence-corrected chi connectivity index (χ0v) is 11.7. The maximum absolute atomic E-state index is 11.6. The Morgan fingerprint density at radius 2 is 2.00 bits per heavy atom. The molecule has 3 N–H and O–H groups in total. The molecule has 0 aliphatic rings. The van der Waals surface area contributed by atoms with Crippen molar-refractivity contribution in [2.45, 2.75) is 25.7 Å². The molecule has 6 heteroatoms. The molecule has 0 bridgehead atoms. The van der Waals surface area contributed by atoms with Crippen LogP contribution in [0.5, 0.6) is 0 Å². The number of amides is 2. The van der Waals surface area contributed by atoms with E-state index in [1.165, 1.54) is 11.3 Å². The summed E-state index contributed by atoms with van der Waals surface area (Å²) in [6, 6.07) is 3.57. The van der Waals surface area contributed by atoms with Gasteiger partial charge in [0.2, 0.25) is 5.91 Å². The molecule has 0 atom stereocenters. The summed E-state index contributed by atoms with van der Waals surface area (Å²) in [4.78, 5) is 23.7. The molecule has 1 aromatic rings. The van der Waals surface area contributed by atoms with Crippen LogP contribution in [-0.2, 0) is 4.79 Å². The van der Waals surface area contributed by atoms with Crippen LogP contribution < -0.4 is 10.6 Å². The van der Waals surface area contributed by atoms with E-state index in [-0.39, 0.29) is 24.8 Å². The lowest BCUT2D eigenvalue weighted by atomic mass is 10.2. The Balaban J connectivity index is 2.02. The molecule has 0 saturated heterocycles. The van der Waals surface area contributed by atoms with Gasteiger partial charge in [-0.2, -0.15) is 0 Å². The van der Waals surface area contributed by atoms with Crippen molar-refractivity contribution < 1.29 is 14.7 Å². The van der Waals surface area contributed by atoms with Crippen molar-refractivity contribution in [2.24, 2.45) is 0 Å². The van der Waals surface area contributed by atoms with Crippen LogP contribution in [0.15, 0.2) is 17.5 Å². The van der Waals surface area contributed by atoms with Crippen LogP contribution >= 0.6 is 11.3 Å². The highest BCUT2D eigenvalue weighted by Gasteiger charge is 2.06. The summed E-state index contributed by atoms with van der Waals surface area (Å²) >= 11 is 1.38. The van der Waals surface area contributed by atoms with Crippen LogP contribution in [0, 0.1) is 0 Å². The molecule has 0 saturated carbocycles. The Morgan fingerprint density at radius 3 is 2.68 bits per heavy atom. The number of aliphatic hydroxyl groups excluding tert-OH is 1. The number of aliphatic hydroxyl groups is 1. The van der Waals surface area contributed by atoms with Gasteiger partial charge in [-0.05, 0) is 30.7 Å². The summed E-state index contributed by atoms with van der Waals surface area (Å²) < 4.78 is 0. The third-order valence-electron chi connectivity index (χ3n) is 2.54. The smallest absolute Gasteiger partial charge is 0.261 e. The van der Waals surface area contributed by atoms with Crippen molar-refractivity contribution in [2.75, 3.05) is 19.7 Å². The standard InChI is InChI=1S/C13H20N2O3S/c16-9-3-1-2-7-14-12(17)6-8-15-13(18)11-5-4-10-19-11/h4-5,10,16H,1-3,6-9H2,(H,14,17)(H,15,18). The molecule has 0 aliphatic heterocycles. The Kier molecular flexibility index (Phi) is 7.84. The molecule has 5 nitrogen and oxygen atoms in total. The topological polar surface area (TPSA) is 78.4 Å². The highest BCUT2D eigenvalue weighted by atomic mass is 32.1. The summed E-state index contributed by atoms with van der Waals surface area (Å²) in [6.07, 6.45) is 2.84. The average molecular weight is 284 g/mol. The highest BCUT2D eigenvalue weighted by Crippen LogP contribution is 2.07. The van der Waals surface area contributed by atoms with Gasteiger partial charge in [0.1, 0.15) is 0 Å². The highest BCUT2D eigenvalue weighted by molar-refractivity contribution is 7.12. The lowest BCUT2D eigenvalue weighted by Gasteiger charge is -2.05. The second kappa shape index (κ2) is 9.52. The average Bonchev–Trinajstić information content (AvgIpc) is 2.92. The second-order valence-corrected chi connectivity index (χ2v) is 5.07. The molecule has 106 valence electrons. The maximum Gasteiger partial charge on any atom is 0.261 e. The SMILES string of the molecule is O=C(CCNC(=O)c1cccs1)NCCCCCO. The first-order valence-electron chi connectivity index (χ1n) is 6.43. The Morgan fingerprint density at radius 1 is 1.16 bits per heavy atom. The normalized spacial score (nSPS) is 10.2. The van der Waals surface area contributed by atoms with Crippen molar-refractivity contribution in [3.8, 4) is 0 Å². The second-order valence-electron chi connectivity index (χ2n) is 4.12. The van der Waals surface area contributed by atoms with Gasteiger partial charge in [0.15, 0.2) is 0 Å². The third-order valence-corrected chi connectivity index (χ3v) is 3.41. The number of thiophene rings is 1. The van der Waals surface area contributed by atoms with Crippen LogP contribution in [0.25, 0.3) is 0 Å². The summed E-state index contributed by atoms with van der Waals surface area (Å²) in [6.45, 7) is 1.17. The fraction of sp³-hybridized carbons (Fsp3) is 0.538. The summed E-state index contributed by atoms with van der Waals surface area (Å²) in [5, 5.41) is 15.9. The number of carbonyl (C=O) groups is 2. The van der Waals surface area contributed by atoms with E-state index in [0.29, 0.717) is 18.0 Å². The molecule has 2 amide bonds. The van der Waals surface area contributed by atoms with Gasteiger partial charge in [-0.1, -0.05) is 6.07 Å². The van der Waals surface area contributed by atoms with Crippen molar-refractivity contribution in [1.82, 2.24) is 10.6 Å². The molecule has 0 aliphatic carbocycles. The van der Waals surface area contributed by atoms with Crippen molar-refractivity contribution in [3.05, 3.63) is 22.4 Å². The van der Waals surface area contributed by atoms with Gasteiger partial charge in [0.05, 0.1) is 4.88 Å². The van der Waals surface area contributed by atoms with Crippen molar-refractivity contribution in [3.63, 3.8) is 0 Å². The van der Waals surface area contributed by atoms with E-state index in [4.69, 9.17) is 5.11 Å². The van der Waals surface area contributed by atoms with Crippen LogP contribution in [0.4, 0.5) is 0 Å². The molecular weight excluding hydrogens is 264 g/mol. The predicted molar refractivity (Wildman–Crippen MR) is 75.2 cm³/mol. The van der Waals surface area contributed by atoms with Gasteiger partial charge in [0, 0.05) is 26.1 Å². The molecular formula is C13H20N2O3S. The minimum Gasteiger partial charge on any atom is -0.396 e. The van der Waals surface area contributed by atoms with Gasteiger partial charge in [0.25, 0.3) is 5.91 Å². The fourth-order valence-corrected chi connectivity index (χ4v) is 2.15. The quantitative estimate of drug-likeness (QED) is 0.595. The third kappa shape index (κ3) is 6.93. The predicted octanol–water partition coefficient (Wildman–Crippen LogP) is 1.15. The summed E-state index contributed by atoms with van der Waals surface area (Å²) in [5.74, 6) is -0.193. The zero-order chi connectivity index (χ0) is 13.9.